The first-order valence-corrected chi connectivity index (χ1v) is 16.7. The number of esters is 2. The fraction of sp³-hybridized carbons (Fsp3) is 0.853. The second kappa shape index (κ2) is 26.7. The zero-order valence-electron chi connectivity index (χ0n) is 27.7. The molecule has 0 aliphatic rings. The molecule has 42 heavy (non-hydrogen) atoms. The SMILES string of the molecule is CCCCCCCC/C=C\CCCCCCCC(=O)OC(COCCC(C(=O)O)[N+](C)(C)C)COC(=O)CCCCC. The van der Waals surface area contributed by atoms with Crippen LogP contribution in [0.1, 0.15) is 136 Å². The lowest BCUT2D eigenvalue weighted by atomic mass is 10.1. The number of hydrogen-bond donors (Lipinski definition) is 1. The number of carboxylic acid groups (broad SMARTS) is 1. The van der Waals surface area contributed by atoms with Crippen LogP contribution in [0.5, 0.6) is 0 Å². The minimum Gasteiger partial charge on any atom is -0.477 e. The molecule has 0 aliphatic heterocycles. The Kier molecular flexibility index (Phi) is 25.5. The lowest BCUT2D eigenvalue weighted by Crippen LogP contribution is -2.50. The van der Waals surface area contributed by atoms with E-state index in [1.807, 2.05) is 21.1 Å². The number of ether oxygens (including phenoxy) is 3. The number of carboxylic acids is 1. The van der Waals surface area contributed by atoms with Crippen molar-refractivity contribution in [2.75, 3.05) is 41.0 Å². The Bertz CT molecular complexity index is 717. The topological polar surface area (TPSA) is 99.1 Å². The van der Waals surface area contributed by atoms with E-state index in [1.54, 1.807) is 0 Å². The van der Waals surface area contributed by atoms with E-state index in [0.717, 1.165) is 51.4 Å². The van der Waals surface area contributed by atoms with Crippen LogP contribution in [-0.4, -0.2) is 80.6 Å². The van der Waals surface area contributed by atoms with Crippen LogP contribution >= 0.6 is 0 Å². The minimum absolute atomic E-state index is 0.0548. The molecule has 0 spiro atoms. The van der Waals surface area contributed by atoms with Crippen LogP contribution in [0.4, 0.5) is 0 Å². The van der Waals surface area contributed by atoms with E-state index in [1.165, 1.54) is 51.4 Å². The zero-order valence-corrected chi connectivity index (χ0v) is 27.7. The van der Waals surface area contributed by atoms with Gasteiger partial charge >= 0.3 is 17.9 Å². The minimum atomic E-state index is -0.880. The van der Waals surface area contributed by atoms with Gasteiger partial charge in [-0.3, -0.25) is 9.59 Å². The maximum atomic E-state index is 12.5. The van der Waals surface area contributed by atoms with Gasteiger partial charge in [0.25, 0.3) is 0 Å². The summed E-state index contributed by atoms with van der Waals surface area (Å²) in [6.07, 6.45) is 23.2. The smallest absolute Gasteiger partial charge is 0.362 e. The molecule has 0 fully saturated rings. The van der Waals surface area contributed by atoms with Crippen LogP contribution in [0, 0.1) is 0 Å². The standard InChI is InChI=1S/C34H63NO7/c1-6-8-10-11-12-13-14-15-16-17-18-19-20-21-23-25-33(37)42-30(29-41-32(36)24-22-9-7-2)28-40-27-26-31(34(38)39)35(3,4)5/h15-16,30-31H,6-14,17-29H2,1-5H3/p+1/b16-15-. The molecule has 0 aromatic carbocycles. The Hall–Kier alpha value is -1.93. The molecule has 0 saturated heterocycles. The summed E-state index contributed by atoms with van der Waals surface area (Å²) in [5.74, 6) is -1.51. The van der Waals surface area contributed by atoms with E-state index in [4.69, 9.17) is 14.2 Å². The second-order valence-electron chi connectivity index (χ2n) is 12.4. The Morgan fingerprint density at radius 3 is 1.76 bits per heavy atom. The van der Waals surface area contributed by atoms with Gasteiger partial charge in [-0.05, 0) is 38.5 Å². The lowest BCUT2D eigenvalue weighted by Gasteiger charge is -2.31. The van der Waals surface area contributed by atoms with Gasteiger partial charge in [-0.25, -0.2) is 4.79 Å². The van der Waals surface area contributed by atoms with Crippen LogP contribution < -0.4 is 0 Å². The van der Waals surface area contributed by atoms with Crippen molar-refractivity contribution in [3.05, 3.63) is 12.2 Å². The first kappa shape index (κ1) is 40.1. The molecule has 0 heterocycles. The van der Waals surface area contributed by atoms with E-state index in [-0.39, 0.29) is 36.2 Å². The highest BCUT2D eigenvalue weighted by Crippen LogP contribution is 2.12. The third kappa shape index (κ3) is 24.6. The maximum Gasteiger partial charge on any atom is 0.362 e. The summed E-state index contributed by atoms with van der Waals surface area (Å²) >= 11 is 0. The normalized spacial score (nSPS) is 13.3. The van der Waals surface area contributed by atoms with Crippen LogP contribution in [0.3, 0.4) is 0 Å². The number of aliphatic carboxylic acids is 1. The molecule has 2 unspecified atom stereocenters. The monoisotopic (exact) mass is 598 g/mol. The molecule has 0 saturated carbocycles. The van der Waals surface area contributed by atoms with Crippen molar-refractivity contribution in [2.45, 2.75) is 148 Å². The average molecular weight is 599 g/mol. The largest absolute Gasteiger partial charge is 0.477 e. The number of nitrogens with zero attached hydrogens (tertiary/aromatic N) is 1. The van der Waals surface area contributed by atoms with E-state index in [9.17, 15) is 19.5 Å². The van der Waals surface area contributed by atoms with Gasteiger partial charge in [0.2, 0.25) is 0 Å². The molecule has 0 aromatic heterocycles. The summed E-state index contributed by atoms with van der Waals surface area (Å²) < 4.78 is 16.9. The molecule has 0 aromatic rings. The number of allylic oxidation sites excluding steroid dienone is 2. The van der Waals surface area contributed by atoms with Crippen LogP contribution in [-0.2, 0) is 28.6 Å². The van der Waals surface area contributed by atoms with E-state index in [0.29, 0.717) is 19.3 Å². The number of carbonyl (C=O) groups is 3. The molecule has 0 rings (SSSR count). The fourth-order valence-electron chi connectivity index (χ4n) is 4.73. The zero-order chi connectivity index (χ0) is 31.5. The predicted octanol–water partition coefficient (Wildman–Crippen LogP) is 7.63. The van der Waals surface area contributed by atoms with E-state index in [2.05, 4.69) is 26.0 Å². The molecule has 8 heteroatoms. The molecule has 0 radical (unpaired) electrons. The highest BCUT2D eigenvalue weighted by atomic mass is 16.6. The lowest BCUT2D eigenvalue weighted by molar-refractivity contribution is -0.887. The van der Waals surface area contributed by atoms with Gasteiger partial charge in [-0.15, -0.1) is 0 Å². The van der Waals surface area contributed by atoms with Crippen molar-refractivity contribution in [3.8, 4) is 0 Å². The molecule has 8 nitrogen and oxygen atoms in total. The highest BCUT2D eigenvalue weighted by molar-refractivity contribution is 5.72. The number of rotatable bonds is 29. The van der Waals surface area contributed by atoms with Crippen molar-refractivity contribution in [1.29, 1.82) is 0 Å². The number of hydrogen-bond acceptors (Lipinski definition) is 6. The molecule has 246 valence electrons. The first-order chi connectivity index (χ1) is 20.1. The molecule has 0 bridgehead atoms. The highest BCUT2D eigenvalue weighted by Gasteiger charge is 2.31. The summed E-state index contributed by atoms with van der Waals surface area (Å²) in [5.41, 5.74) is 0. The van der Waals surface area contributed by atoms with Crippen molar-refractivity contribution in [1.82, 2.24) is 0 Å². The molecule has 0 aliphatic carbocycles. The number of quaternary nitrogens is 1. The Morgan fingerprint density at radius 2 is 1.19 bits per heavy atom. The number of unbranched alkanes of at least 4 members (excludes halogenated alkanes) is 13. The van der Waals surface area contributed by atoms with Gasteiger partial charge < -0.3 is 23.8 Å². The molecule has 1 N–H and O–H groups in total. The predicted molar refractivity (Wildman–Crippen MR) is 169 cm³/mol. The summed E-state index contributed by atoms with van der Waals surface area (Å²) in [6, 6.07) is -0.608. The Morgan fingerprint density at radius 1 is 0.690 bits per heavy atom. The molecule has 2 atom stereocenters. The van der Waals surface area contributed by atoms with Crippen LogP contribution in [0.2, 0.25) is 0 Å². The van der Waals surface area contributed by atoms with E-state index < -0.39 is 18.1 Å². The van der Waals surface area contributed by atoms with Crippen molar-refractivity contribution >= 4 is 17.9 Å². The first-order valence-electron chi connectivity index (χ1n) is 16.7. The second-order valence-corrected chi connectivity index (χ2v) is 12.4. The third-order valence-electron chi connectivity index (χ3n) is 7.41. The maximum absolute atomic E-state index is 12.5. The van der Waals surface area contributed by atoms with Gasteiger partial charge in [-0.2, -0.15) is 0 Å². The van der Waals surface area contributed by atoms with Crippen molar-refractivity contribution in [2.24, 2.45) is 0 Å². The van der Waals surface area contributed by atoms with Gasteiger partial charge in [0, 0.05) is 19.3 Å². The van der Waals surface area contributed by atoms with Crippen molar-refractivity contribution in [3.63, 3.8) is 0 Å². The summed E-state index contributed by atoms with van der Waals surface area (Å²) in [5, 5.41) is 9.50. The number of likely N-dealkylation sites (N-methyl/N-ethyl adjacent to an activating group) is 1. The van der Waals surface area contributed by atoms with Gasteiger partial charge in [-0.1, -0.05) is 90.2 Å². The summed E-state index contributed by atoms with van der Waals surface area (Å²) in [6.45, 7) is 4.53. The van der Waals surface area contributed by atoms with E-state index >= 15 is 0 Å². The number of carbonyl (C=O) groups excluding carboxylic acids is 2. The Labute approximate surface area is 257 Å². The van der Waals surface area contributed by atoms with Crippen LogP contribution in [0.15, 0.2) is 12.2 Å². The third-order valence-corrected chi connectivity index (χ3v) is 7.41. The van der Waals surface area contributed by atoms with Gasteiger partial charge in [0.05, 0.1) is 34.4 Å². The molecular weight excluding hydrogens is 534 g/mol. The fourth-order valence-corrected chi connectivity index (χ4v) is 4.73. The summed E-state index contributed by atoms with van der Waals surface area (Å²) in [7, 11) is 5.49. The molecule has 0 amide bonds. The van der Waals surface area contributed by atoms with Gasteiger partial charge in [0.1, 0.15) is 6.61 Å². The average Bonchev–Trinajstić information content (AvgIpc) is 2.92. The molecular formula is C34H64NO7+. The van der Waals surface area contributed by atoms with Crippen molar-refractivity contribution < 1.29 is 38.2 Å². The summed E-state index contributed by atoms with van der Waals surface area (Å²) in [4.78, 5) is 36.1. The Balaban J connectivity index is 4.29. The van der Waals surface area contributed by atoms with Gasteiger partial charge in [0.15, 0.2) is 12.1 Å². The quantitative estimate of drug-likeness (QED) is 0.0409. The van der Waals surface area contributed by atoms with Crippen LogP contribution in [0.25, 0.3) is 0 Å².